The van der Waals surface area contributed by atoms with Gasteiger partial charge in [-0.05, 0) is 43.8 Å². The maximum atomic E-state index is 12.6. The molecule has 1 amide bonds. The smallest absolute Gasteiger partial charge is 0.270 e. The highest BCUT2D eigenvalue weighted by Crippen LogP contribution is 2.29. The number of nitro benzene ring substituents is 1. The molecule has 1 aromatic rings. The van der Waals surface area contributed by atoms with Crippen LogP contribution in [0.1, 0.15) is 23.2 Å². The van der Waals surface area contributed by atoms with E-state index in [-0.39, 0.29) is 16.6 Å². The average molecular weight is 324 g/mol. The van der Waals surface area contributed by atoms with Gasteiger partial charge in [-0.25, -0.2) is 0 Å². The topological polar surface area (TPSA) is 75.5 Å². The third kappa shape index (κ3) is 2.94. The van der Waals surface area contributed by atoms with Gasteiger partial charge in [-0.15, -0.1) is 0 Å². The van der Waals surface area contributed by atoms with Gasteiger partial charge < -0.3 is 10.2 Å². The van der Waals surface area contributed by atoms with Gasteiger partial charge in [-0.1, -0.05) is 11.6 Å². The second-order valence-electron chi connectivity index (χ2n) is 5.97. The number of likely N-dealkylation sites (tertiary alicyclic amines) is 1. The normalized spacial score (nSPS) is 24.7. The van der Waals surface area contributed by atoms with E-state index in [1.165, 1.54) is 18.2 Å². The lowest BCUT2D eigenvalue weighted by Crippen LogP contribution is -2.33. The zero-order chi connectivity index (χ0) is 15.7. The third-order valence-electron chi connectivity index (χ3n) is 4.70. The van der Waals surface area contributed by atoms with Gasteiger partial charge in [0.15, 0.2) is 0 Å². The maximum absolute atomic E-state index is 12.6. The Bertz CT molecular complexity index is 594. The Morgan fingerprint density at radius 2 is 1.91 bits per heavy atom. The van der Waals surface area contributed by atoms with E-state index < -0.39 is 4.92 Å². The van der Waals surface area contributed by atoms with Crippen LogP contribution in [0.4, 0.5) is 5.69 Å². The number of carbonyl (C=O) groups is 1. The molecule has 0 bridgehead atoms. The second kappa shape index (κ2) is 6.22. The number of nitrogens with zero attached hydrogens (tertiary/aromatic N) is 2. The van der Waals surface area contributed by atoms with E-state index in [1.807, 2.05) is 4.90 Å². The fourth-order valence-corrected chi connectivity index (χ4v) is 3.64. The fourth-order valence-electron chi connectivity index (χ4n) is 3.38. The van der Waals surface area contributed by atoms with Crippen LogP contribution in [0.5, 0.6) is 0 Å². The number of nitrogens with one attached hydrogen (secondary N) is 1. The van der Waals surface area contributed by atoms with Gasteiger partial charge in [-0.3, -0.25) is 14.9 Å². The molecule has 118 valence electrons. The van der Waals surface area contributed by atoms with Crippen molar-refractivity contribution >= 4 is 23.2 Å². The molecule has 0 aliphatic carbocycles. The molecule has 1 aromatic carbocycles. The van der Waals surface area contributed by atoms with Crippen molar-refractivity contribution in [3.05, 3.63) is 38.9 Å². The highest BCUT2D eigenvalue weighted by Gasteiger charge is 2.32. The molecule has 3 rings (SSSR count). The SMILES string of the molecule is O=C(c1ccc([N+](=O)[O-])cc1Cl)N1CC[C@@H]2CNC[C@@H]2CC1. The van der Waals surface area contributed by atoms with Crippen molar-refractivity contribution in [3.8, 4) is 0 Å². The molecule has 7 heteroatoms. The molecule has 0 spiro atoms. The number of fused-ring (bicyclic) bond motifs is 1. The molecule has 2 aliphatic heterocycles. The summed E-state index contributed by atoms with van der Waals surface area (Å²) < 4.78 is 0. The molecule has 0 aromatic heterocycles. The highest BCUT2D eigenvalue weighted by molar-refractivity contribution is 6.34. The van der Waals surface area contributed by atoms with E-state index >= 15 is 0 Å². The number of halogens is 1. The molecule has 0 radical (unpaired) electrons. The Balaban J connectivity index is 1.75. The van der Waals surface area contributed by atoms with Crippen LogP contribution in [0.15, 0.2) is 18.2 Å². The van der Waals surface area contributed by atoms with Gasteiger partial charge in [0.25, 0.3) is 11.6 Å². The summed E-state index contributed by atoms with van der Waals surface area (Å²) in [6, 6.07) is 4.02. The van der Waals surface area contributed by atoms with Crippen LogP contribution in [0.3, 0.4) is 0 Å². The number of rotatable bonds is 2. The number of nitro groups is 1. The summed E-state index contributed by atoms with van der Waals surface area (Å²) in [7, 11) is 0. The zero-order valence-corrected chi connectivity index (χ0v) is 12.9. The summed E-state index contributed by atoms with van der Waals surface area (Å²) >= 11 is 6.06. The Labute approximate surface area is 133 Å². The number of hydrogen-bond donors (Lipinski definition) is 1. The lowest BCUT2D eigenvalue weighted by molar-refractivity contribution is -0.384. The van der Waals surface area contributed by atoms with E-state index in [1.54, 1.807) is 0 Å². The molecule has 22 heavy (non-hydrogen) atoms. The summed E-state index contributed by atoms with van der Waals surface area (Å²) in [5.74, 6) is 1.16. The number of benzene rings is 1. The summed E-state index contributed by atoms with van der Waals surface area (Å²) in [5.41, 5.74) is 0.246. The molecule has 2 fully saturated rings. The number of hydrogen-bond acceptors (Lipinski definition) is 4. The van der Waals surface area contributed by atoms with Crippen molar-refractivity contribution in [2.45, 2.75) is 12.8 Å². The number of non-ortho nitro benzene ring substituents is 1. The first-order chi connectivity index (χ1) is 10.6. The van der Waals surface area contributed by atoms with Gasteiger partial charge in [-0.2, -0.15) is 0 Å². The Morgan fingerprint density at radius 1 is 1.27 bits per heavy atom. The van der Waals surface area contributed by atoms with E-state index in [2.05, 4.69) is 5.32 Å². The zero-order valence-electron chi connectivity index (χ0n) is 12.1. The second-order valence-corrected chi connectivity index (χ2v) is 6.38. The molecule has 0 unspecified atom stereocenters. The molecule has 0 saturated carbocycles. The van der Waals surface area contributed by atoms with Crippen molar-refractivity contribution in [1.82, 2.24) is 10.2 Å². The first-order valence-corrected chi connectivity index (χ1v) is 7.88. The van der Waals surface area contributed by atoms with Crippen LogP contribution in [0, 0.1) is 22.0 Å². The predicted molar refractivity (Wildman–Crippen MR) is 83.1 cm³/mol. The van der Waals surface area contributed by atoms with Gasteiger partial charge in [0, 0.05) is 25.2 Å². The molecular formula is C15H18ClN3O3. The summed E-state index contributed by atoms with van der Waals surface area (Å²) in [5, 5.41) is 14.3. The number of carbonyl (C=O) groups excluding carboxylic acids is 1. The standard InChI is InChI=1S/C15H18ClN3O3/c16-14-7-12(19(21)22)1-2-13(14)15(20)18-5-3-10-8-17-9-11(10)4-6-18/h1-2,7,10-11,17H,3-6,8-9H2/t10-,11+. The van der Waals surface area contributed by atoms with E-state index in [0.29, 0.717) is 17.4 Å². The average Bonchev–Trinajstić information content (AvgIpc) is 2.85. The minimum Gasteiger partial charge on any atom is -0.339 e. The molecule has 2 aliphatic rings. The van der Waals surface area contributed by atoms with Crippen LogP contribution >= 0.6 is 11.6 Å². The van der Waals surface area contributed by atoms with Crippen molar-refractivity contribution in [2.75, 3.05) is 26.2 Å². The van der Waals surface area contributed by atoms with Crippen LogP contribution in [-0.4, -0.2) is 41.9 Å². The van der Waals surface area contributed by atoms with Gasteiger partial charge in [0.05, 0.1) is 15.5 Å². The minimum atomic E-state index is -0.514. The molecule has 2 atom stereocenters. The largest absolute Gasteiger partial charge is 0.339 e. The first kappa shape index (κ1) is 15.2. The van der Waals surface area contributed by atoms with Gasteiger partial charge in [0.1, 0.15) is 0 Å². The summed E-state index contributed by atoms with van der Waals surface area (Å²) in [6.07, 6.45) is 1.99. The molecule has 2 heterocycles. The van der Waals surface area contributed by atoms with E-state index in [0.717, 1.165) is 39.0 Å². The quantitative estimate of drug-likeness (QED) is 0.669. The molecule has 1 N–H and O–H groups in total. The van der Waals surface area contributed by atoms with Crippen molar-refractivity contribution in [1.29, 1.82) is 0 Å². The van der Waals surface area contributed by atoms with Crippen LogP contribution < -0.4 is 5.32 Å². The van der Waals surface area contributed by atoms with Crippen molar-refractivity contribution in [3.63, 3.8) is 0 Å². The van der Waals surface area contributed by atoms with E-state index in [4.69, 9.17) is 11.6 Å². The monoisotopic (exact) mass is 323 g/mol. The Morgan fingerprint density at radius 3 is 2.45 bits per heavy atom. The van der Waals surface area contributed by atoms with Gasteiger partial charge >= 0.3 is 0 Å². The van der Waals surface area contributed by atoms with E-state index in [9.17, 15) is 14.9 Å². The first-order valence-electron chi connectivity index (χ1n) is 7.50. The maximum Gasteiger partial charge on any atom is 0.270 e. The lowest BCUT2D eigenvalue weighted by atomic mass is 9.92. The fraction of sp³-hybridized carbons (Fsp3) is 0.533. The van der Waals surface area contributed by atoms with Crippen LogP contribution in [0.2, 0.25) is 5.02 Å². The van der Waals surface area contributed by atoms with Gasteiger partial charge in [0.2, 0.25) is 0 Å². The molecule has 6 nitrogen and oxygen atoms in total. The lowest BCUT2D eigenvalue weighted by Gasteiger charge is -2.21. The molecule has 2 saturated heterocycles. The summed E-state index contributed by atoms with van der Waals surface area (Å²) in [4.78, 5) is 24.7. The minimum absolute atomic E-state index is 0.0991. The molecular weight excluding hydrogens is 306 g/mol. The Kier molecular flexibility index (Phi) is 4.31. The van der Waals surface area contributed by atoms with Crippen LogP contribution in [0.25, 0.3) is 0 Å². The summed E-state index contributed by atoms with van der Waals surface area (Å²) in [6.45, 7) is 3.50. The van der Waals surface area contributed by atoms with Crippen molar-refractivity contribution < 1.29 is 9.72 Å². The van der Waals surface area contributed by atoms with Crippen molar-refractivity contribution in [2.24, 2.45) is 11.8 Å². The highest BCUT2D eigenvalue weighted by atomic mass is 35.5. The van der Waals surface area contributed by atoms with Crippen LogP contribution in [-0.2, 0) is 0 Å². The third-order valence-corrected chi connectivity index (χ3v) is 5.01. The Hall–Kier alpha value is -1.66. The number of amides is 1. The predicted octanol–water partition coefficient (Wildman–Crippen LogP) is 2.32.